The lowest BCUT2D eigenvalue weighted by atomic mass is 10.2. The monoisotopic (exact) mass is 461 g/mol. The molecular formula is C20H13Cl2N3O4S. The minimum absolute atomic E-state index is 0.0127. The van der Waals surface area contributed by atoms with Gasteiger partial charge in [0.15, 0.2) is 5.69 Å². The van der Waals surface area contributed by atoms with Gasteiger partial charge in [-0.2, -0.15) is 13.5 Å². The van der Waals surface area contributed by atoms with Crippen molar-refractivity contribution in [2.45, 2.75) is 4.90 Å². The fourth-order valence-electron chi connectivity index (χ4n) is 2.74. The fourth-order valence-corrected chi connectivity index (χ4v) is 3.98. The molecule has 4 rings (SSSR count). The van der Waals surface area contributed by atoms with E-state index in [4.69, 9.17) is 27.4 Å². The first-order valence-electron chi connectivity index (χ1n) is 8.57. The summed E-state index contributed by atoms with van der Waals surface area (Å²) in [5, 5.41) is 10.2. The quantitative estimate of drug-likeness (QED) is 0.412. The van der Waals surface area contributed by atoms with E-state index in [1.54, 1.807) is 24.3 Å². The minimum Gasteiger partial charge on any atom is -0.379 e. The molecule has 0 aliphatic heterocycles. The van der Waals surface area contributed by atoms with Crippen molar-refractivity contribution in [1.82, 2.24) is 10.2 Å². The summed E-state index contributed by atoms with van der Waals surface area (Å²) in [6.45, 7) is 0. The molecule has 0 unspecified atom stereocenters. The van der Waals surface area contributed by atoms with Crippen molar-refractivity contribution in [3.05, 3.63) is 82.5 Å². The number of amides is 1. The van der Waals surface area contributed by atoms with Crippen LogP contribution in [0.25, 0.3) is 10.9 Å². The predicted molar refractivity (Wildman–Crippen MR) is 115 cm³/mol. The second kappa shape index (κ2) is 7.98. The Labute approximate surface area is 181 Å². The number of benzene rings is 3. The zero-order chi connectivity index (χ0) is 21.3. The number of aromatic amines is 1. The van der Waals surface area contributed by atoms with E-state index in [0.29, 0.717) is 16.6 Å². The molecule has 0 fully saturated rings. The standard InChI is InChI=1S/C20H13Cl2N3O4S/c21-16-8-6-13(10-17(16)22)29-30(27,28)14-7-9-18-15(11-14)19(25-24-18)20(26)23-12-4-2-1-3-5-12/h1-11H,(H,23,26)(H,24,25). The first-order valence-corrected chi connectivity index (χ1v) is 10.7. The second-order valence-electron chi connectivity index (χ2n) is 6.21. The van der Waals surface area contributed by atoms with Crippen LogP contribution in [0.3, 0.4) is 0 Å². The van der Waals surface area contributed by atoms with Crippen molar-refractivity contribution in [3.8, 4) is 5.75 Å². The number of nitrogens with one attached hydrogen (secondary N) is 2. The van der Waals surface area contributed by atoms with Gasteiger partial charge in [0, 0.05) is 17.1 Å². The summed E-state index contributed by atoms with van der Waals surface area (Å²) in [7, 11) is -4.19. The largest absolute Gasteiger partial charge is 0.379 e. The molecule has 0 spiro atoms. The van der Waals surface area contributed by atoms with E-state index in [1.807, 2.05) is 6.07 Å². The fraction of sp³-hybridized carbons (Fsp3) is 0. The number of hydrogen-bond donors (Lipinski definition) is 2. The van der Waals surface area contributed by atoms with Crippen molar-refractivity contribution < 1.29 is 17.4 Å². The Morgan fingerprint density at radius 2 is 1.73 bits per heavy atom. The average molecular weight is 462 g/mol. The van der Waals surface area contributed by atoms with Crippen LogP contribution in [0.5, 0.6) is 5.75 Å². The van der Waals surface area contributed by atoms with Gasteiger partial charge < -0.3 is 9.50 Å². The number of para-hydroxylation sites is 1. The van der Waals surface area contributed by atoms with E-state index in [0.717, 1.165) is 0 Å². The molecule has 4 aromatic rings. The van der Waals surface area contributed by atoms with Gasteiger partial charge in [-0.3, -0.25) is 9.89 Å². The van der Waals surface area contributed by atoms with Gasteiger partial charge in [-0.1, -0.05) is 41.4 Å². The molecule has 30 heavy (non-hydrogen) atoms. The average Bonchev–Trinajstić information content (AvgIpc) is 3.15. The zero-order valence-electron chi connectivity index (χ0n) is 15.1. The number of halogens is 2. The molecule has 1 heterocycles. The van der Waals surface area contributed by atoms with Gasteiger partial charge >= 0.3 is 10.1 Å². The highest BCUT2D eigenvalue weighted by Gasteiger charge is 2.21. The van der Waals surface area contributed by atoms with Crippen LogP contribution in [0.2, 0.25) is 10.0 Å². The van der Waals surface area contributed by atoms with E-state index < -0.39 is 16.0 Å². The van der Waals surface area contributed by atoms with Gasteiger partial charge in [-0.05, 0) is 42.5 Å². The lowest BCUT2D eigenvalue weighted by Gasteiger charge is -2.08. The van der Waals surface area contributed by atoms with Crippen molar-refractivity contribution >= 4 is 55.8 Å². The summed E-state index contributed by atoms with van der Waals surface area (Å²) >= 11 is 11.8. The molecule has 0 atom stereocenters. The van der Waals surface area contributed by atoms with Gasteiger partial charge in [0.1, 0.15) is 10.6 Å². The molecule has 152 valence electrons. The van der Waals surface area contributed by atoms with Crippen molar-refractivity contribution in [1.29, 1.82) is 0 Å². The van der Waals surface area contributed by atoms with E-state index in [2.05, 4.69) is 15.5 Å². The number of carbonyl (C=O) groups excluding carboxylic acids is 1. The maximum Gasteiger partial charge on any atom is 0.339 e. The number of H-pyrrole nitrogens is 1. The highest BCUT2D eigenvalue weighted by Crippen LogP contribution is 2.29. The molecule has 0 aliphatic carbocycles. The normalized spacial score (nSPS) is 11.4. The minimum atomic E-state index is -4.19. The molecule has 0 bridgehead atoms. The van der Waals surface area contributed by atoms with Gasteiger partial charge in [-0.15, -0.1) is 0 Å². The summed E-state index contributed by atoms with van der Waals surface area (Å²) in [5.74, 6) is -0.467. The smallest absolute Gasteiger partial charge is 0.339 e. The summed E-state index contributed by atoms with van der Waals surface area (Å²) in [6, 6.07) is 17.2. The maximum atomic E-state index is 12.7. The van der Waals surface area contributed by atoms with Crippen LogP contribution in [0, 0.1) is 0 Å². The molecule has 0 radical (unpaired) electrons. The van der Waals surface area contributed by atoms with Crippen LogP contribution >= 0.6 is 23.2 Å². The third kappa shape index (κ3) is 4.11. The molecule has 2 N–H and O–H groups in total. The van der Waals surface area contributed by atoms with Crippen LogP contribution < -0.4 is 9.50 Å². The summed E-state index contributed by atoms with van der Waals surface area (Å²) in [6.07, 6.45) is 0. The van der Waals surface area contributed by atoms with Gasteiger partial charge in [0.25, 0.3) is 5.91 Å². The van der Waals surface area contributed by atoms with Crippen molar-refractivity contribution in [3.63, 3.8) is 0 Å². The molecule has 1 amide bonds. The van der Waals surface area contributed by atoms with E-state index >= 15 is 0 Å². The topological polar surface area (TPSA) is 101 Å². The van der Waals surface area contributed by atoms with Gasteiger partial charge in [0.2, 0.25) is 0 Å². The van der Waals surface area contributed by atoms with Crippen LogP contribution in [0.15, 0.2) is 71.6 Å². The molecule has 0 saturated heterocycles. The highest BCUT2D eigenvalue weighted by molar-refractivity contribution is 7.87. The summed E-state index contributed by atoms with van der Waals surface area (Å²) in [5.41, 5.74) is 1.15. The van der Waals surface area contributed by atoms with Gasteiger partial charge in [0.05, 0.1) is 15.6 Å². The zero-order valence-corrected chi connectivity index (χ0v) is 17.4. The molecule has 0 saturated carbocycles. The van der Waals surface area contributed by atoms with Crippen LogP contribution in [0.4, 0.5) is 5.69 Å². The number of aromatic nitrogens is 2. The third-order valence-electron chi connectivity index (χ3n) is 4.17. The Morgan fingerprint density at radius 3 is 2.47 bits per heavy atom. The highest BCUT2D eigenvalue weighted by atomic mass is 35.5. The van der Waals surface area contributed by atoms with Crippen molar-refractivity contribution in [2.75, 3.05) is 5.32 Å². The number of rotatable bonds is 5. The molecular weight excluding hydrogens is 449 g/mol. The molecule has 1 aromatic heterocycles. The number of nitrogens with zero attached hydrogens (tertiary/aromatic N) is 1. The molecule has 7 nitrogen and oxygen atoms in total. The van der Waals surface area contributed by atoms with E-state index in [1.165, 1.54) is 36.4 Å². The second-order valence-corrected chi connectivity index (χ2v) is 8.57. The maximum absolute atomic E-state index is 12.7. The Kier molecular flexibility index (Phi) is 5.38. The lowest BCUT2D eigenvalue weighted by molar-refractivity contribution is 0.102. The SMILES string of the molecule is O=C(Nc1ccccc1)c1n[nH]c2ccc(S(=O)(=O)Oc3ccc(Cl)c(Cl)c3)cc12. The third-order valence-corrected chi connectivity index (χ3v) is 6.15. The Hall–Kier alpha value is -3.07. The Bertz CT molecular complexity index is 1360. The van der Waals surface area contributed by atoms with Crippen LogP contribution in [-0.2, 0) is 10.1 Å². The molecule has 0 aliphatic rings. The lowest BCUT2D eigenvalue weighted by Crippen LogP contribution is -2.13. The van der Waals surface area contributed by atoms with Gasteiger partial charge in [-0.25, -0.2) is 0 Å². The van der Waals surface area contributed by atoms with Crippen molar-refractivity contribution in [2.24, 2.45) is 0 Å². The number of carbonyl (C=O) groups is 1. The molecule has 3 aromatic carbocycles. The first-order chi connectivity index (χ1) is 14.3. The van der Waals surface area contributed by atoms with E-state index in [-0.39, 0.29) is 26.4 Å². The molecule has 10 heteroatoms. The van der Waals surface area contributed by atoms with Crippen LogP contribution in [0.1, 0.15) is 10.5 Å². The Morgan fingerprint density at radius 1 is 0.967 bits per heavy atom. The summed E-state index contributed by atoms with van der Waals surface area (Å²) < 4.78 is 30.6. The number of anilines is 1. The van der Waals surface area contributed by atoms with E-state index in [9.17, 15) is 13.2 Å². The van der Waals surface area contributed by atoms with Crippen LogP contribution in [-0.4, -0.2) is 24.5 Å². The number of fused-ring (bicyclic) bond motifs is 1. The Balaban J connectivity index is 1.66. The summed E-state index contributed by atoms with van der Waals surface area (Å²) in [4.78, 5) is 12.5. The number of hydrogen-bond acceptors (Lipinski definition) is 5. The predicted octanol–water partition coefficient (Wildman–Crippen LogP) is 4.89. The first kappa shape index (κ1) is 20.2.